The molecule has 1 N–H and O–H groups in total. The lowest BCUT2D eigenvalue weighted by Gasteiger charge is -2.18. The lowest BCUT2D eigenvalue weighted by molar-refractivity contribution is 0.197. The highest BCUT2D eigenvalue weighted by Gasteiger charge is 2.27. The summed E-state index contributed by atoms with van der Waals surface area (Å²) in [7, 11) is -4.19. The van der Waals surface area contributed by atoms with Gasteiger partial charge in [-0.3, -0.25) is 9.62 Å². The third-order valence-electron chi connectivity index (χ3n) is 4.63. The van der Waals surface area contributed by atoms with E-state index < -0.39 is 20.7 Å². The SMILES string of the molecule is O=S(=O)(Nc1ncns1)c1cc(Cl)c(O[C@H]2CCN(Cc3ccccc3)C2)cc1F. The molecule has 7 nitrogen and oxygen atoms in total. The Labute approximate surface area is 182 Å². The highest BCUT2D eigenvalue weighted by atomic mass is 35.5. The Hall–Kier alpha value is -2.27. The number of benzene rings is 2. The van der Waals surface area contributed by atoms with E-state index in [-0.39, 0.29) is 22.0 Å². The number of rotatable bonds is 7. The summed E-state index contributed by atoms with van der Waals surface area (Å²) in [4.78, 5) is 5.40. The van der Waals surface area contributed by atoms with Crippen LogP contribution in [0.2, 0.25) is 5.02 Å². The van der Waals surface area contributed by atoms with Crippen LogP contribution in [0, 0.1) is 5.82 Å². The minimum Gasteiger partial charge on any atom is -0.487 e. The van der Waals surface area contributed by atoms with Crippen LogP contribution < -0.4 is 9.46 Å². The number of halogens is 2. The maximum Gasteiger partial charge on any atom is 0.266 e. The highest BCUT2D eigenvalue weighted by molar-refractivity contribution is 7.93. The molecule has 1 saturated heterocycles. The molecule has 4 rings (SSSR count). The predicted octanol–water partition coefficient (Wildman–Crippen LogP) is 3.78. The Morgan fingerprint density at radius 3 is 2.83 bits per heavy atom. The second-order valence-electron chi connectivity index (χ2n) is 6.81. The van der Waals surface area contributed by atoms with E-state index >= 15 is 0 Å². The van der Waals surface area contributed by atoms with E-state index in [2.05, 4.69) is 31.1 Å². The molecule has 158 valence electrons. The van der Waals surface area contributed by atoms with E-state index in [9.17, 15) is 12.8 Å². The van der Waals surface area contributed by atoms with Crippen LogP contribution in [0.3, 0.4) is 0 Å². The second kappa shape index (κ2) is 8.84. The molecule has 1 aliphatic heterocycles. The van der Waals surface area contributed by atoms with Crippen molar-refractivity contribution >= 4 is 38.3 Å². The van der Waals surface area contributed by atoms with Crippen LogP contribution in [0.5, 0.6) is 5.75 Å². The van der Waals surface area contributed by atoms with E-state index in [0.717, 1.165) is 43.2 Å². The third-order valence-corrected chi connectivity index (χ3v) is 6.99. The first-order valence-electron chi connectivity index (χ1n) is 9.12. The van der Waals surface area contributed by atoms with Crippen molar-refractivity contribution in [1.29, 1.82) is 0 Å². The fourth-order valence-electron chi connectivity index (χ4n) is 3.25. The standard InChI is InChI=1S/C19H18ClFN4O3S2/c20-15-8-18(30(26,27)24-19-22-12-23-29-19)16(21)9-17(15)28-14-6-7-25(11-14)10-13-4-2-1-3-5-13/h1-5,8-9,12,14H,6-7,10-11H2,(H,22,23,24)/t14-/m0/s1. The Balaban J connectivity index is 1.44. The zero-order valence-corrected chi connectivity index (χ0v) is 18.1. The lowest BCUT2D eigenvalue weighted by Crippen LogP contribution is -2.24. The summed E-state index contributed by atoms with van der Waals surface area (Å²) in [6.07, 6.45) is 1.81. The summed E-state index contributed by atoms with van der Waals surface area (Å²) in [5.41, 5.74) is 1.21. The molecule has 0 unspecified atom stereocenters. The normalized spacial score (nSPS) is 17.2. The van der Waals surface area contributed by atoms with Crippen LogP contribution in [0.4, 0.5) is 9.52 Å². The molecule has 1 aliphatic rings. The molecule has 30 heavy (non-hydrogen) atoms. The van der Waals surface area contributed by atoms with Crippen LogP contribution in [-0.4, -0.2) is 41.9 Å². The van der Waals surface area contributed by atoms with E-state index in [1.165, 1.54) is 11.9 Å². The van der Waals surface area contributed by atoms with Gasteiger partial charge in [0.25, 0.3) is 10.0 Å². The molecule has 0 amide bonds. The molecule has 3 aromatic rings. The molecule has 1 fully saturated rings. The first-order valence-corrected chi connectivity index (χ1v) is 11.8. The molecule has 0 spiro atoms. The van der Waals surface area contributed by atoms with Crippen LogP contribution in [0.1, 0.15) is 12.0 Å². The molecule has 11 heteroatoms. The highest BCUT2D eigenvalue weighted by Crippen LogP contribution is 2.32. The molecule has 1 aromatic heterocycles. The Kier molecular flexibility index (Phi) is 6.19. The van der Waals surface area contributed by atoms with Crippen molar-refractivity contribution in [3.8, 4) is 5.75 Å². The number of nitrogens with zero attached hydrogens (tertiary/aromatic N) is 3. The summed E-state index contributed by atoms with van der Waals surface area (Å²) in [6.45, 7) is 2.32. The molecular formula is C19H18ClFN4O3S2. The molecule has 0 bridgehead atoms. The summed E-state index contributed by atoms with van der Waals surface area (Å²) in [6, 6.07) is 12.2. The Morgan fingerprint density at radius 2 is 2.10 bits per heavy atom. The number of nitrogens with one attached hydrogen (secondary N) is 1. The van der Waals surface area contributed by atoms with Crippen molar-refractivity contribution in [3.05, 3.63) is 65.2 Å². The topological polar surface area (TPSA) is 84.4 Å². The van der Waals surface area contributed by atoms with Gasteiger partial charge in [0.1, 0.15) is 28.9 Å². The van der Waals surface area contributed by atoms with Crippen LogP contribution in [-0.2, 0) is 16.6 Å². The fraction of sp³-hybridized carbons (Fsp3) is 0.263. The van der Waals surface area contributed by atoms with Gasteiger partial charge in [0.15, 0.2) is 0 Å². The smallest absolute Gasteiger partial charge is 0.266 e. The number of likely N-dealkylation sites (tertiary alicyclic amines) is 1. The van der Waals surface area contributed by atoms with E-state index in [4.69, 9.17) is 16.3 Å². The summed E-state index contributed by atoms with van der Waals surface area (Å²) < 4.78 is 51.2. The van der Waals surface area contributed by atoms with Crippen LogP contribution in [0.15, 0.2) is 53.7 Å². The second-order valence-corrected chi connectivity index (χ2v) is 9.65. The molecule has 0 saturated carbocycles. The number of sulfonamides is 1. The zero-order valence-electron chi connectivity index (χ0n) is 15.7. The van der Waals surface area contributed by atoms with Crippen molar-refractivity contribution in [1.82, 2.24) is 14.3 Å². The number of aromatic nitrogens is 2. The van der Waals surface area contributed by atoms with Crippen LogP contribution >= 0.6 is 23.1 Å². The first kappa shape index (κ1) is 21.0. The molecule has 2 aromatic carbocycles. The van der Waals surface area contributed by atoms with Gasteiger partial charge >= 0.3 is 0 Å². The number of hydrogen-bond donors (Lipinski definition) is 1. The number of anilines is 1. The van der Waals surface area contributed by atoms with E-state index in [1.807, 2.05) is 18.2 Å². The van der Waals surface area contributed by atoms with E-state index in [0.29, 0.717) is 6.54 Å². The summed E-state index contributed by atoms with van der Waals surface area (Å²) >= 11 is 7.05. The van der Waals surface area contributed by atoms with Gasteiger partial charge in [-0.25, -0.2) is 17.8 Å². The fourth-order valence-corrected chi connectivity index (χ4v) is 5.27. The largest absolute Gasteiger partial charge is 0.487 e. The Morgan fingerprint density at radius 1 is 1.30 bits per heavy atom. The van der Waals surface area contributed by atoms with Gasteiger partial charge in [-0.15, -0.1) is 0 Å². The lowest BCUT2D eigenvalue weighted by atomic mass is 10.2. The van der Waals surface area contributed by atoms with Crippen molar-refractivity contribution in [2.24, 2.45) is 0 Å². The minimum absolute atomic E-state index is 0.0237. The van der Waals surface area contributed by atoms with Gasteiger partial charge in [0, 0.05) is 37.2 Å². The quantitative estimate of drug-likeness (QED) is 0.568. The van der Waals surface area contributed by atoms with E-state index in [1.54, 1.807) is 0 Å². The summed E-state index contributed by atoms with van der Waals surface area (Å²) in [5.74, 6) is -0.832. The van der Waals surface area contributed by atoms with Crippen molar-refractivity contribution in [2.75, 3.05) is 17.8 Å². The average Bonchev–Trinajstić information content (AvgIpc) is 3.37. The minimum atomic E-state index is -4.19. The molecular weight excluding hydrogens is 451 g/mol. The van der Waals surface area contributed by atoms with Gasteiger partial charge in [0.2, 0.25) is 5.13 Å². The van der Waals surface area contributed by atoms with Gasteiger partial charge < -0.3 is 4.74 Å². The Bertz CT molecular complexity index is 1110. The first-order chi connectivity index (χ1) is 14.4. The van der Waals surface area contributed by atoms with Crippen molar-refractivity contribution in [3.63, 3.8) is 0 Å². The zero-order chi connectivity index (χ0) is 21.1. The third kappa shape index (κ3) is 4.89. The van der Waals surface area contributed by atoms with Crippen LogP contribution in [0.25, 0.3) is 0 Å². The van der Waals surface area contributed by atoms with Gasteiger partial charge in [-0.1, -0.05) is 41.9 Å². The monoisotopic (exact) mass is 468 g/mol. The van der Waals surface area contributed by atoms with Gasteiger partial charge in [-0.2, -0.15) is 4.37 Å². The average molecular weight is 469 g/mol. The molecule has 0 aliphatic carbocycles. The van der Waals surface area contributed by atoms with Crippen molar-refractivity contribution in [2.45, 2.75) is 24.0 Å². The molecule has 0 radical (unpaired) electrons. The van der Waals surface area contributed by atoms with Gasteiger partial charge in [0.05, 0.1) is 5.02 Å². The van der Waals surface area contributed by atoms with Gasteiger partial charge in [-0.05, 0) is 18.1 Å². The molecule has 1 atom stereocenters. The van der Waals surface area contributed by atoms with Crippen molar-refractivity contribution < 1.29 is 17.5 Å². The maximum absolute atomic E-state index is 14.6. The number of hydrogen-bond acceptors (Lipinski definition) is 7. The molecule has 2 heterocycles. The summed E-state index contributed by atoms with van der Waals surface area (Å²) in [5, 5.41) is 0.0610. The number of ether oxygens (including phenoxy) is 1. The maximum atomic E-state index is 14.6. The predicted molar refractivity (Wildman–Crippen MR) is 113 cm³/mol.